The monoisotopic (exact) mass is 663 g/mol. The van der Waals surface area contributed by atoms with Crippen LogP contribution >= 0.6 is 0 Å². The molecule has 0 radical (unpaired) electrons. The first-order chi connectivity index (χ1) is 25.8. The topological polar surface area (TPSA) is 59.4 Å². The number of hydrogen-bond acceptors (Lipinski definition) is 3. The summed E-state index contributed by atoms with van der Waals surface area (Å²) in [6.07, 6.45) is 0. The maximum Gasteiger partial charge on any atom is 0.160 e. The Labute approximate surface area is 299 Å². The molecule has 242 valence electrons. The number of fused-ring (bicyclic) bond motifs is 6. The zero-order valence-electron chi connectivity index (χ0n) is 28.0. The van der Waals surface area contributed by atoms with Crippen LogP contribution in [0.25, 0.3) is 88.9 Å². The summed E-state index contributed by atoms with van der Waals surface area (Å²) in [5.74, 6) is 0.559. The molecule has 10 rings (SSSR count). The summed E-state index contributed by atoms with van der Waals surface area (Å²) in [4.78, 5) is 10.5. The lowest BCUT2D eigenvalue weighted by molar-refractivity contribution is 1.14. The van der Waals surface area contributed by atoms with E-state index in [4.69, 9.17) is 9.97 Å². The van der Waals surface area contributed by atoms with Crippen molar-refractivity contribution < 1.29 is 0 Å². The van der Waals surface area contributed by atoms with Crippen molar-refractivity contribution in [3.63, 3.8) is 0 Å². The molecule has 0 spiro atoms. The molecule has 10 aromatic rings. The van der Waals surface area contributed by atoms with Crippen LogP contribution in [0.3, 0.4) is 0 Å². The Balaban J connectivity index is 1.51. The van der Waals surface area contributed by atoms with E-state index in [9.17, 15) is 5.26 Å². The number of nitriles is 1. The molecule has 0 unspecified atom stereocenters. The fraction of sp³-hybridized carbons (Fsp3) is 0. The third-order valence-electron chi connectivity index (χ3n) is 9.96. The number of aromatic nitrogens is 4. The molecule has 5 nitrogen and oxygen atoms in total. The lowest BCUT2D eigenvalue weighted by Crippen LogP contribution is -2.05. The third kappa shape index (κ3) is 4.49. The van der Waals surface area contributed by atoms with E-state index >= 15 is 0 Å². The van der Waals surface area contributed by atoms with Gasteiger partial charge in [0.05, 0.1) is 39.0 Å². The van der Waals surface area contributed by atoms with Gasteiger partial charge in [-0.15, -0.1) is 0 Å². The van der Waals surface area contributed by atoms with Crippen molar-refractivity contribution in [1.29, 1.82) is 5.26 Å². The molecule has 0 fully saturated rings. The van der Waals surface area contributed by atoms with E-state index in [1.807, 2.05) is 72.8 Å². The van der Waals surface area contributed by atoms with Crippen molar-refractivity contribution in [2.24, 2.45) is 0 Å². The molecule has 0 bridgehead atoms. The summed E-state index contributed by atoms with van der Waals surface area (Å²) in [6.45, 7) is 0. The van der Waals surface area contributed by atoms with E-state index in [1.165, 1.54) is 0 Å². The van der Waals surface area contributed by atoms with E-state index in [0.29, 0.717) is 22.8 Å². The summed E-state index contributed by atoms with van der Waals surface area (Å²) in [5.41, 5.74) is 10.4. The average Bonchev–Trinajstić information content (AvgIpc) is 3.73. The Bertz CT molecular complexity index is 2860. The fourth-order valence-corrected chi connectivity index (χ4v) is 7.75. The average molecular weight is 664 g/mol. The van der Waals surface area contributed by atoms with Gasteiger partial charge < -0.3 is 9.13 Å². The van der Waals surface area contributed by atoms with Gasteiger partial charge in [0, 0.05) is 44.0 Å². The smallest absolute Gasteiger partial charge is 0.160 e. The highest BCUT2D eigenvalue weighted by atomic mass is 15.0. The van der Waals surface area contributed by atoms with Gasteiger partial charge in [0.2, 0.25) is 0 Å². The van der Waals surface area contributed by atoms with Gasteiger partial charge in [0.25, 0.3) is 0 Å². The van der Waals surface area contributed by atoms with Crippen LogP contribution in [-0.2, 0) is 0 Å². The van der Waals surface area contributed by atoms with Crippen LogP contribution in [0.5, 0.6) is 0 Å². The second kappa shape index (κ2) is 11.9. The molecule has 52 heavy (non-hydrogen) atoms. The normalized spacial score (nSPS) is 11.4. The molecular formula is C47H29N5. The van der Waals surface area contributed by atoms with Crippen molar-refractivity contribution in [3.8, 4) is 51.3 Å². The minimum Gasteiger partial charge on any atom is -0.308 e. The molecule has 0 N–H and O–H groups in total. The summed E-state index contributed by atoms with van der Waals surface area (Å²) < 4.78 is 4.67. The van der Waals surface area contributed by atoms with E-state index in [0.717, 1.165) is 71.7 Å². The standard InChI is InChI=1S/C47H29N5/c48-30-39-43(31-17-5-1-6-18-31)49-47(32-19-7-2-8-20-32)50-44(39)42-45-37(35-25-13-15-27-40(35)51(45)33-21-9-3-10-22-33)29-38-36-26-14-16-28-41(36)52(46(38)42)34-23-11-4-12-24-34/h1-29H. The highest BCUT2D eigenvalue weighted by molar-refractivity contribution is 6.26. The second-order valence-electron chi connectivity index (χ2n) is 12.9. The fourth-order valence-electron chi connectivity index (χ4n) is 7.75. The maximum absolute atomic E-state index is 11.2. The van der Waals surface area contributed by atoms with Crippen LogP contribution in [0, 0.1) is 11.3 Å². The van der Waals surface area contributed by atoms with Crippen molar-refractivity contribution in [2.75, 3.05) is 0 Å². The molecule has 3 aromatic heterocycles. The second-order valence-corrected chi connectivity index (χ2v) is 12.9. The summed E-state index contributed by atoms with van der Waals surface area (Å²) in [7, 11) is 0. The molecule has 7 aromatic carbocycles. The van der Waals surface area contributed by atoms with Gasteiger partial charge >= 0.3 is 0 Å². The number of hydrogen-bond donors (Lipinski definition) is 0. The highest BCUT2D eigenvalue weighted by Crippen LogP contribution is 2.47. The minimum absolute atomic E-state index is 0.425. The minimum atomic E-state index is 0.425. The number of para-hydroxylation sites is 4. The predicted octanol–water partition coefficient (Wildman–Crippen LogP) is 11.5. The molecule has 0 saturated heterocycles. The summed E-state index contributed by atoms with van der Waals surface area (Å²) >= 11 is 0. The van der Waals surface area contributed by atoms with Gasteiger partial charge in [0.15, 0.2) is 5.82 Å². The van der Waals surface area contributed by atoms with E-state index in [2.05, 4.69) is 118 Å². The zero-order valence-corrected chi connectivity index (χ0v) is 28.0. The first kappa shape index (κ1) is 29.6. The molecule has 3 heterocycles. The summed E-state index contributed by atoms with van der Waals surface area (Å²) in [6, 6.07) is 63.0. The number of rotatable bonds is 5. The lowest BCUT2D eigenvalue weighted by atomic mass is 9.95. The number of benzene rings is 7. The zero-order chi connectivity index (χ0) is 34.6. The van der Waals surface area contributed by atoms with Gasteiger partial charge in [-0.25, -0.2) is 9.97 Å². The third-order valence-corrected chi connectivity index (χ3v) is 9.96. The van der Waals surface area contributed by atoms with Crippen molar-refractivity contribution in [2.45, 2.75) is 0 Å². The SMILES string of the molecule is N#Cc1c(-c2ccccc2)nc(-c2ccccc2)nc1-c1c2c(cc3c4ccccc4n(-c4ccccc4)c13)c1ccccc1n2-c1ccccc1. The van der Waals surface area contributed by atoms with Crippen molar-refractivity contribution >= 4 is 43.6 Å². The number of nitrogens with zero attached hydrogens (tertiary/aromatic N) is 5. The van der Waals surface area contributed by atoms with Crippen LogP contribution < -0.4 is 0 Å². The molecule has 0 saturated carbocycles. The highest BCUT2D eigenvalue weighted by Gasteiger charge is 2.28. The Morgan fingerprint density at radius 1 is 0.423 bits per heavy atom. The van der Waals surface area contributed by atoms with Gasteiger partial charge in [-0.05, 0) is 42.5 Å². The Hall–Kier alpha value is -7.29. The van der Waals surface area contributed by atoms with Crippen LogP contribution in [0.4, 0.5) is 0 Å². The molecule has 0 amide bonds. The quantitative estimate of drug-likeness (QED) is 0.184. The van der Waals surface area contributed by atoms with E-state index < -0.39 is 0 Å². The molecule has 0 aliphatic carbocycles. The largest absolute Gasteiger partial charge is 0.308 e. The Morgan fingerprint density at radius 2 is 0.846 bits per heavy atom. The van der Waals surface area contributed by atoms with Crippen LogP contribution in [0.15, 0.2) is 176 Å². The molecular weight excluding hydrogens is 635 g/mol. The predicted molar refractivity (Wildman–Crippen MR) is 212 cm³/mol. The molecule has 5 heteroatoms. The maximum atomic E-state index is 11.2. The van der Waals surface area contributed by atoms with Gasteiger partial charge in [0.1, 0.15) is 11.6 Å². The van der Waals surface area contributed by atoms with E-state index in [1.54, 1.807) is 0 Å². The van der Waals surface area contributed by atoms with Gasteiger partial charge in [-0.3, -0.25) is 0 Å². The van der Waals surface area contributed by atoms with Gasteiger partial charge in [-0.1, -0.05) is 133 Å². The molecule has 0 atom stereocenters. The van der Waals surface area contributed by atoms with E-state index in [-0.39, 0.29) is 0 Å². The molecule has 0 aliphatic rings. The Kier molecular flexibility index (Phi) is 6.80. The van der Waals surface area contributed by atoms with Gasteiger partial charge in [-0.2, -0.15) is 5.26 Å². The first-order valence-electron chi connectivity index (χ1n) is 17.3. The van der Waals surface area contributed by atoms with Crippen LogP contribution in [0.2, 0.25) is 0 Å². The van der Waals surface area contributed by atoms with Crippen molar-refractivity contribution in [3.05, 3.63) is 181 Å². The van der Waals surface area contributed by atoms with Crippen LogP contribution in [-0.4, -0.2) is 19.1 Å². The van der Waals surface area contributed by atoms with Crippen LogP contribution in [0.1, 0.15) is 5.56 Å². The lowest BCUT2D eigenvalue weighted by Gasteiger charge is -2.18. The molecule has 0 aliphatic heterocycles. The first-order valence-corrected chi connectivity index (χ1v) is 17.3. The Morgan fingerprint density at radius 3 is 1.35 bits per heavy atom. The summed E-state index contributed by atoms with van der Waals surface area (Å²) in [5, 5.41) is 15.7. The van der Waals surface area contributed by atoms with Crippen molar-refractivity contribution in [1.82, 2.24) is 19.1 Å².